The maximum absolute atomic E-state index is 13.6. The third-order valence-corrected chi connectivity index (χ3v) is 6.07. The van der Waals surface area contributed by atoms with Gasteiger partial charge in [-0.15, -0.1) is 0 Å². The molecule has 27 heavy (non-hydrogen) atoms. The van der Waals surface area contributed by atoms with Gasteiger partial charge in [-0.3, -0.25) is 9.69 Å². The minimum Gasteiger partial charge on any atom is -0.457 e. The molecule has 2 aromatic carbocycles. The summed E-state index contributed by atoms with van der Waals surface area (Å²) >= 11 is 0. The molecule has 5 rings (SSSR count). The van der Waals surface area contributed by atoms with E-state index in [1.807, 2.05) is 48.5 Å². The van der Waals surface area contributed by atoms with E-state index >= 15 is 0 Å². The third kappa shape index (κ3) is 3.01. The van der Waals surface area contributed by atoms with Crippen LogP contribution in [-0.4, -0.2) is 61.0 Å². The maximum atomic E-state index is 13.6. The van der Waals surface area contributed by atoms with E-state index in [9.17, 15) is 4.79 Å². The highest BCUT2D eigenvalue weighted by Crippen LogP contribution is 2.45. The average Bonchev–Trinajstić information content (AvgIpc) is 3.22. The van der Waals surface area contributed by atoms with Gasteiger partial charge in [0.1, 0.15) is 11.5 Å². The van der Waals surface area contributed by atoms with Gasteiger partial charge in [0.15, 0.2) is 0 Å². The second kappa shape index (κ2) is 6.98. The van der Waals surface area contributed by atoms with E-state index in [0.717, 1.165) is 68.3 Å². The number of piperazine rings is 1. The van der Waals surface area contributed by atoms with Crippen molar-refractivity contribution in [2.45, 2.75) is 18.4 Å². The van der Waals surface area contributed by atoms with Gasteiger partial charge in [0.2, 0.25) is 5.91 Å². The summed E-state index contributed by atoms with van der Waals surface area (Å²) in [5, 5.41) is 3.41. The molecular formula is C22H25N3O2. The molecular weight excluding hydrogens is 338 g/mol. The number of amides is 1. The van der Waals surface area contributed by atoms with Gasteiger partial charge in [0.25, 0.3) is 0 Å². The molecule has 5 heteroatoms. The van der Waals surface area contributed by atoms with Crippen molar-refractivity contribution in [2.75, 3.05) is 39.3 Å². The van der Waals surface area contributed by atoms with Crippen molar-refractivity contribution in [1.29, 1.82) is 0 Å². The van der Waals surface area contributed by atoms with E-state index in [1.165, 1.54) is 0 Å². The maximum Gasteiger partial charge on any atom is 0.234 e. The highest BCUT2D eigenvalue weighted by molar-refractivity contribution is 5.90. The molecule has 1 N–H and O–H groups in total. The molecule has 5 nitrogen and oxygen atoms in total. The molecule has 0 bridgehead atoms. The average molecular weight is 363 g/mol. The van der Waals surface area contributed by atoms with Crippen molar-refractivity contribution in [1.82, 2.24) is 15.1 Å². The van der Waals surface area contributed by atoms with Gasteiger partial charge in [-0.05, 0) is 18.6 Å². The lowest BCUT2D eigenvalue weighted by Crippen LogP contribution is -2.49. The van der Waals surface area contributed by atoms with Crippen molar-refractivity contribution in [3.05, 3.63) is 59.7 Å². The number of rotatable bonds is 2. The summed E-state index contributed by atoms with van der Waals surface area (Å²) in [5.74, 6) is 1.53. The van der Waals surface area contributed by atoms with E-state index in [0.29, 0.717) is 6.04 Å². The number of carbonyl (C=O) groups excluding carboxylic acids is 1. The van der Waals surface area contributed by atoms with Gasteiger partial charge in [0.05, 0.1) is 5.92 Å². The van der Waals surface area contributed by atoms with Gasteiger partial charge in [0, 0.05) is 56.4 Å². The number of nitrogens with one attached hydrogen (secondary N) is 1. The lowest BCUT2D eigenvalue weighted by molar-refractivity contribution is -0.131. The highest BCUT2D eigenvalue weighted by Gasteiger charge is 2.38. The molecule has 0 spiro atoms. The molecule has 2 aromatic rings. The van der Waals surface area contributed by atoms with Gasteiger partial charge < -0.3 is 15.0 Å². The molecule has 0 radical (unpaired) electrons. The minimum absolute atomic E-state index is 0.204. The standard InChI is InChI=1S/C22H25N3O2/c26-22(25-12-9-16(15-25)24-13-10-23-11-14-24)21-17-5-1-3-7-19(17)27-20-8-4-2-6-18(20)21/h1-8,16,21,23H,9-15H2. The Hall–Kier alpha value is -2.37. The van der Waals surface area contributed by atoms with E-state index < -0.39 is 0 Å². The fourth-order valence-electron chi connectivity index (χ4n) is 4.65. The lowest BCUT2D eigenvalue weighted by atomic mass is 9.87. The highest BCUT2D eigenvalue weighted by atomic mass is 16.5. The van der Waals surface area contributed by atoms with Crippen LogP contribution in [0.3, 0.4) is 0 Å². The zero-order valence-electron chi connectivity index (χ0n) is 15.4. The fraction of sp³-hybridized carbons (Fsp3) is 0.409. The Balaban J connectivity index is 1.42. The second-order valence-electron chi connectivity index (χ2n) is 7.62. The zero-order valence-corrected chi connectivity index (χ0v) is 15.4. The van der Waals surface area contributed by atoms with Crippen molar-refractivity contribution < 1.29 is 9.53 Å². The van der Waals surface area contributed by atoms with Crippen LogP contribution < -0.4 is 10.1 Å². The van der Waals surface area contributed by atoms with Crippen LogP contribution in [0.1, 0.15) is 23.5 Å². The van der Waals surface area contributed by atoms with Gasteiger partial charge in [-0.1, -0.05) is 36.4 Å². The van der Waals surface area contributed by atoms with Crippen LogP contribution in [-0.2, 0) is 4.79 Å². The smallest absolute Gasteiger partial charge is 0.234 e. The normalized spacial score (nSPS) is 22.8. The summed E-state index contributed by atoms with van der Waals surface area (Å²) in [6.45, 7) is 5.93. The third-order valence-electron chi connectivity index (χ3n) is 6.07. The molecule has 2 saturated heterocycles. The first-order valence-electron chi connectivity index (χ1n) is 9.90. The number of carbonyl (C=O) groups is 1. The molecule has 2 fully saturated rings. The summed E-state index contributed by atoms with van der Waals surface area (Å²) in [5.41, 5.74) is 1.96. The van der Waals surface area contributed by atoms with Gasteiger partial charge in [-0.25, -0.2) is 0 Å². The number of likely N-dealkylation sites (tertiary alicyclic amines) is 1. The van der Waals surface area contributed by atoms with Crippen LogP contribution in [0.4, 0.5) is 0 Å². The molecule has 1 amide bonds. The number of benzene rings is 2. The monoisotopic (exact) mass is 363 g/mol. The summed E-state index contributed by atoms with van der Waals surface area (Å²) in [4.78, 5) is 18.2. The number of nitrogens with zero attached hydrogens (tertiary/aromatic N) is 2. The van der Waals surface area contributed by atoms with Crippen LogP contribution in [0.15, 0.2) is 48.5 Å². The molecule has 3 heterocycles. The van der Waals surface area contributed by atoms with Crippen LogP contribution >= 0.6 is 0 Å². The van der Waals surface area contributed by atoms with E-state index in [1.54, 1.807) is 0 Å². The Morgan fingerprint density at radius 3 is 2.22 bits per heavy atom. The molecule has 1 atom stereocenters. The molecule has 1 unspecified atom stereocenters. The SMILES string of the molecule is O=C(C1c2ccccc2Oc2ccccc21)N1CCC(N2CCNCC2)C1. The number of para-hydroxylation sites is 2. The first-order chi connectivity index (χ1) is 13.3. The Labute approximate surface area is 159 Å². The van der Waals surface area contributed by atoms with Crippen molar-refractivity contribution >= 4 is 5.91 Å². The number of hydrogen-bond acceptors (Lipinski definition) is 4. The zero-order chi connectivity index (χ0) is 18.2. The summed E-state index contributed by atoms with van der Waals surface area (Å²) in [6, 6.07) is 16.4. The predicted molar refractivity (Wildman–Crippen MR) is 104 cm³/mol. The Kier molecular flexibility index (Phi) is 4.34. The molecule has 0 saturated carbocycles. The van der Waals surface area contributed by atoms with Crippen LogP contribution in [0.2, 0.25) is 0 Å². The number of ether oxygens (including phenoxy) is 1. The van der Waals surface area contributed by atoms with Crippen LogP contribution in [0, 0.1) is 0 Å². The topological polar surface area (TPSA) is 44.8 Å². The van der Waals surface area contributed by atoms with Crippen molar-refractivity contribution in [3.63, 3.8) is 0 Å². The van der Waals surface area contributed by atoms with E-state index in [-0.39, 0.29) is 11.8 Å². The number of hydrogen-bond donors (Lipinski definition) is 1. The van der Waals surface area contributed by atoms with Crippen molar-refractivity contribution in [3.8, 4) is 11.5 Å². The molecule has 140 valence electrons. The molecule has 3 aliphatic heterocycles. The summed E-state index contributed by atoms with van der Waals surface area (Å²) in [6.07, 6.45) is 1.07. The first-order valence-corrected chi connectivity index (χ1v) is 9.90. The molecule has 3 aliphatic rings. The Bertz CT molecular complexity index is 801. The lowest BCUT2D eigenvalue weighted by Gasteiger charge is -2.33. The second-order valence-corrected chi connectivity index (χ2v) is 7.62. The van der Waals surface area contributed by atoms with Gasteiger partial charge in [-0.2, -0.15) is 0 Å². The summed E-state index contributed by atoms with van der Waals surface area (Å²) in [7, 11) is 0. The van der Waals surface area contributed by atoms with E-state index in [2.05, 4.69) is 15.1 Å². The quantitative estimate of drug-likeness (QED) is 0.890. The van der Waals surface area contributed by atoms with E-state index in [4.69, 9.17) is 4.74 Å². The van der Waals surface area contributed by atoms with Gasteiger partial charge >= 0.3 is 0 Å². The molecule has 0 aliphatic carbocycles. The summed E-state index contributed by atoms with van der Waals surface area (Å²) < 4.78 is 6.05. The largest absolute Gasteiger partial charge is 0.457 e. The van der Waals surface area contributed by atoms with Crippen LogP contribution in [0.5, 0.6) is 11.5 Å². The predicted octanol–water partition coefficient (Wildman–Crippen LogP) is 2.43. The first kappa shape index (κ1) is 16.8. The fourth-order valence-corrected chi connectivity index (χ4v) is 4.65. The Morgan fingerprint density at radius 1 is 0.926 bits per heavy atom. The Morgan fingerprint density at radius 2 is 1.56 bits per heavy atom. The number of fused-ring (bicyclic) bond motifs is 2. The molecule has 0 aromatic heterocycles. The van der Waals surface area contributed by atoms with Crippen LogP contribution in [0.25, 0.3) is 0 Å². The minimum atomic E-state index is -0.270. The van der Waals surface area contributed by atoms with Crippen molar-refractivity contribution in [2.24, 2.45) is 0 Å².